The van der Waals surface area contributed by atoms with Crippen LogP contribution >= 0.6 is 0 Å². The Labute approximate surface area is 142 Å². The number of halogens is 1. The first kappa shape index (κ1) is 16.4. The molecule has 2 aromatic rings. The number of aromatic nitrogens is 1. The van der Waals surface area contributed by atoms with Gasteiger partial charge in [-0.3, -0.25) is 0 Å². The van der Waals surface area contributed by atoms with Gasteiger partial charge >= 0.3 is 0 Å². The Balaban J connectivity index is 2.22. The number of nitrogens with zero attached hydrogens (tertiary/aromatic N) is 2. The van der Waals surface area contributed by atoms with Gasteiger partial charge in [0.25, 0.3) is 0 Å². The second-order valence-corrected chi connectivity index (χ2v) is 7.60. The van der Waals surface area contributed by atoms with Crippen LogP contribution in [0.25, 0.3) is 11.1 Å². The Morgan fingerprint density at radius 1 is 1.25 bits per heavy atom. The molecule has 3 rings (SSSR count). The number of benzene rings is 1. The number of aryl methyl sites for hydroxylation is 1. The SMILES string of the molecule is CC(C)(C)C1CCc2nc(N)c(C#N)c(-c3ccc(F)cc3)c2C1. The molecule has 1 unspecified atom stereocenters. The second kappa shape index (κ2) is 5.90. The van der Waals surface area contributed by atoms with E-state index in [-0.39, 0.29) is 17.1 Å². The normalized spacial score (nSPS) is 17.2. The average Bonchev–Trinajstić information content (AvgIpc) is 2.53. The summed E-state index contributed by atoms with van der Waals surface area (Å²) in [5.41, 5.74) is 10.3. The van der Waals surface area contributed by atoms with Crippen molar-refractivity contribution in [3.8, 4) is 17.2 Å². The highest BCUT2D eigenvalue weighted by Gasteiger charge is 2.32. The molecule has 4 heteroatoms. The van der Waals surface area contributed by atoms with Gasteiger partial charge in [-0.1, -0.05) is 32.9 Å². The number of fused-ring (bicyclic) bond motifs is 1. The predicted molar refractivity (Wildman–Crippen MR) is 93.7 cm³/mol. The fraction of sp³-hybridized carbons (Fsp3) is 0.400. The van der Waals surface area contributed by atoms with Gasteiger partial charge in [0.05, 0.1) is 0 Å². The molecule has 1 atom stereocenters. The third-order valence-corrected chi connectivity index (χ3v) is 5.06. The summed E-state index contributed by atoms with van der Waals surface area (Å²) >= 11 is 0. The van der Waals surface area contributed by atoms with Crippen LogP contribution < -0.4 is 5.73 Å². The van der Waals surface area contributed by atoms with Gasteiger partial charge in [0.1, 0.15) is 23.3 Å². The molecule has 1 aliphatic carbocycles. The smallest absolute Gasteiger partial charge is 0.142 e. The second-order valence-electron chi connectivity index (χ2n) is 7.60. The molecule has 1 heterocycles. The Bertz CT molecular complexity index is 811. The molecule has 0 aliphatic heterocycles. The van der Waals surface area contributed by atoms with Crippen LogP contribution in [0, 0.1) is 28.5 Å². The van der Waals surface area contributed by atoms with Gasteiger partial charge in [0, 0.05) is 11.3 Å². The highest BCUT2D eigenvalue weighted by Crippen LogP contribution is 2.42. The lowest BCUT2D eigenvalue weighted by Crippen LogP contribution is -2.28. The van der Waals surface area contributed by atoms with Crippen molar-refractivity contribution in [2.45, 2.75) is 40.0 Å². The number of rotatable bonds is 1. The average molecular weight is 323 g/mol. The molecule has 0 saturated carbocycles. The van der Waals surface area contributed by atoms with E-state index in [9.17, 15) is 9.65 Å². The third kappa shape index (κ3) is 2.87. The predicted octanol–water partition coefficient (Wildman–Crippen LogP) is 4.49. The third-order valence-electron chi connectivity index (χ3n) is 5.06. The monoisotopic (exact) mass is 323 g/mol. The van der Waals surface area contributed by atoms with Gasteiger partial charge in [-0.25, -0.2) is 9.37 Å². The molecule has 0 radical (unpaired) electrons. The van der Waals surface area contributed by atoms with E-state index in [0.717, 1.165) is 41.6 Å². The number of pyridine rings is 1. The van der Waals surface area contributed by atoms with E-state index in [4.69, 9.17) is 5.73 Å². The topological polar surface area (TPSA) is 62.7 Å². The van der Waals surface area contributed by atoms with Crippen molar-refractivity contribution in [1.82, 2.24) is 4.98 Å². The zero-order valence-corrected chi connectivity index (χ0v) is 14.4. The van der Waals surface area contributed by atoms with Gasteiger partial charge in [-0.2, -0.15) is 5.26 Å². The summed E-state index contributed by atoms with van der Waals surface area (Å²) in [5.74, 6) is 0.492. The number of anilines is 1. The molecule has 2 N–H and O–H groups in total. The summed E-state index contributed by atoms with van der Waals surface area (Å²) in [5, 5.41) is 9.60. The van der Waals surface area contributed by atoms with Crippen LogP contribution in [0.5, 0.6) is 0 Å². The molecule has 3 nitrogen and oxygen atoms in total. The van der Waals surface area contributed by atoms with Crippen molar-refractivity contribution in [2.75, 3.05) is 5.73 Å². The fourth-order valence-corrected chi connectivity index (χ4v) is 3.57. The van der Waals surface area contributed by atoms with E-state index >= 15 is 0 Å². The number of nitrogen functional groups attached to an aromatic ring is 1. The van der Waals surface area contributed by atoms with Gasteiger partial charge in [-0.15, -0.1) is 0 Å². The van der Waals surface area contributed by atoms with Crippen LogP contribution in [0.1, 0.15) is 44.0 Å². The fourth-order valence-electron chi connectivity index (χ4n) is 3.57. The number of nitriles is 1. The minimum Gasteiger partial charge on any atom is -0.383 e. The van der Waals surface area contributed by atoms with Gasteiger partial charge in [0.15, 0.2) is 0 Å². The van der Waals surface area contributed by atoms with Crippen LogP contribution in [0.2, 0.25) is 0 Å². The minimum atomic E-state index is -0.291. The Morgan fingerprint density at radius 2 is 1.92 bits per heavy atom. The van der Waals surface area contributed by atoms with E-state index in [1.165, 1.54) is 12.1 Å². The van der Waals surface area contributed by atoms with Gasteiger partial charge in [-0.05, 0) is 53.9 Å². The molecule has 1 aliphatic rings. The molecule has 1 aromatic carbocycles. The van der Waals surface area contributed by atoms with Crippen molar-refractivity contribution in [2.24, 2.45) is 11.3 Å². The molecule has 0 bridgehead atoms. The summed E-state index contributed by atoms with van der Waals surface area (Å²) < 4.78 is 13.3. The standard InChI is InChI=1S/C20H22FN3/c1-20(2,3)13-6-9-17-15(10-13)18(16(11-22)19(23)24-17)12-4-7-14(21)8-5-12/h4-5,7-8,13H,6,9-10H2,1-3H3,(H2,23,24). The first-order valence-corrected chi connectivity index (χ1v) is 8.28. The van der Waals surface area contributed by atoms with E-state index in [1.807, 2.05) is 0 Å². The first-order chi connectivity index (χ1) is 11.3. The zero-order chi connectivity index (χ0) is 17.5. The zero-order valence-electron chi connectivity index (χ0n) is 14.4. The summed E-state index contributed by atoms with van der Waals surface area (Å²) in [4.78, 5) is 4.49. The molecule has 0 amide bonds. The lowest BCUT2D eigenvalue weighted by Gasteiger charge is -2.35. The van der Waals surface area contributed by atoms with E-state index in [1.54, 1.807) is 12.1 Å². The minimum absolute atomic E-state index is 0.186. The van der Waals surface area contributed by atoms with Crippen LogP contribution in [0.15, 0.2) is 24.3 Å². The van der Waals surface area contributed by atoms with Crippen molar-refractivity contribution in [3.63, 3.8) is 0 Å². The first-order valence-electron chi connectivity index (χ1n) is 8.28. The lowest BCUT2D eigenvalue weighted by atomic mass is 9.70. The van der Waals surface area contributed by atoms with Crippen LogP contribution in [-0.2, 0) is 12.8 Å². The highest BCUT2D eigenvalue weighted by atomic mass is 19.1. The largest absolute Gasteiger partial charge is 0.383 e. The maximum atomic E-state index is 13.3. The Morgan fingerprint density at radius 3 is 2.50 bits per heavy atom. The maximum Gasteiger partial charge on any atom is 0.142 e. The highest BCUT2D eigenvalue weighted by molar-refractivity contribution is 5.79. The van der Waals surface area contributed by atoms with Gasteiger partial charge in [0.2, 0.25) is 0 Å². The summed E-state index contributed by atoms with van der Waals surface area (Å²) in [6.45, 7) is 6.74. The molecule has 24 heavy (non-hydrogen) atoms. The number of hydrogen-bond acceptors (Lipinski definition) is 3. The molecule has 124 valence electrons. The number of nitrogens with two attached hydrogens (primary N) is 1. The van der Waals surface area contributed by atoms with Crippen molar-refractivity contribution in [1.29, 1.82) is 5.26 Å². The molecule has 0 fully saturated rings. The molecule has 0 saturated heterocycles. The van der Waals surface area contributed by atoms with Crippen LogP contribution in [-0.4, -0.2) is 4.98 Å². The van der Waals surface area contributed by atoms with Crippen molar-refractivity contribution >= 4 is 5.82 Å². The molecule has 0 spiro atoms. The summed E-state index contributed by atoms with van der Waals surface area (Å²) in [6, 6.07) is 8.47. The van der Waals surface area contributed by atoms with Crippen LogP contribution in [0.4, 0.5) is 10.2 Å². The number of hydrogen-bond donors (Lipinski definition) is 1. The van der Waals surface area contributed by atoms with Gasteiger partial charge < -0.3 is 5.73 Å². The molecule has 1 aromatic heterocycles. The maximum absolute atomic E-state index is 13.3. The van der Waals surface area contributed by atoms with E-state index in [0.29, 0.717) is 11.5 Å². The molecular formula is C20H22FN3. The quantitative estimate of drug-likeness (QED) is 0.841. The van der Waals surface area contributed by atoms with E-state index in [2.05, 4.69) is 31.8 Å². The Hall–Kier alpha value is -2.41. The molecular weight excluding hydrogens is 301 g/mol. The van der Waals surface area contributed by atoms with Crippen LogP contribution in [0.3, 0.4) is 0 Å². The van der Waals surface area contributed by atoms with E-state index < -0.39 is 0 Å². The van der Waals surface area contributed by atoms with Crippen molar-refractivity contribution in [3.05, 3.63) is 46.9 Å². The lowest BCUT2D eigenvalue weighted by molar-refractivity contribution is 0.215. The van der Waals surface area contributed by atoms with Crippen molar-refractivity contribution < 1.29 is 4.39 Å². The Kier molecular flexibility index (Phi) is 4.04. The summed E-state index contributed by atoms with van der Waals surface area (Å²) in [7, 11) is 0. The summed E-state index contributed by atoms with van der Waals surface area (Å²) in [6.07, 6.45) is 2.80.